The Kier molecular flexibility index (Phi) is 4.77. The molecular weight excluding hydrogens is 316 g/mol. The first-order valence-electron chi connectivity index (χ1n) is 5.86. The van der Waals surface area contributed by atoms with Crippen molar-refractivity contribution in [3.63, 3.8) is 0 Å². The molecular formula is C13H11ClN2O4S. The molecule has 0 unspecified atom stereocenters. The van der Waals surface area contributed by atoms with Crippen molar-refractivity contribution in [2.75, 3.05) is 7.11 Å². The quantitative estimate of drug-likeness (QED) is 0.675. The summed E-state index contributed by atoms with van der Waals surface area (Å²) in [6, 6.07) is 8.42. The molecule has 1 amide bonds. The highest BCUT2D eigenvalue weighted by Crippen LogP contribution is 2.33. The second kappa shape index (κ2) is 6.55. The van der Waals surface area contributed by atoms with Crippen LogP contribution in [0.15, 0.2) is 30.3 Å². The molecule has 0 aliphatic carbocycles. The summed E-state index contributed by atoms with van der Waals surface area (Å²) < 4.78 is 5.08. The molecule has 0 atom stereocenters. The number of benzene rings is 1. The Hall–Kier alpha value is -2.12. The van der Waals surface area contributed by atoms with Crippen LogP contribution in [-0.4, -0.2) is 17.9 Å². The van der Waals surface area contributed by atoms with Crippen molar-refractivity contribution in [1.82, 2.24) is 5.32 Å². The number of hydrogen-bond donors (Lipinski definition) is 1. The number of nitro groups is 1. The lowest BCUT2D eigenvalue weighted by atomic mass is 10.2. The number of hydrogen-bond acceptors (Lipinski definition) is 5. The van der Waals surface area contributed by atoms with Crippen molar-refractivity contribution < 1.29 is 14.5 Å². The maximum Gasteiger partial charge on any atom is 0.299 e. The number of carbonyl (C=O) groups excluding carboxylic acids is 1. The lowest BCUT2D eigenvalue weighted by Gasteiger charge is -2.05. The number of thiophene rings is 1. The maximum absolute atomic E-state index is 11.9. The third-order valence-corrected chi connectivity index (χ3v) is 4.01. The van der Waals surface area contributed by atoms with Crippen molar-refractivity contribution in [1.29, 1.82) is 0 Å². The molecule has 0 saturated carbocycles. The Morgan fingerprint density at radius 1 is 1.48 bits per heavy atom. The molecule has 2 rings (SSSR count). The Labute approximate surface area is 129 Å². The van der Waals surface area contributed by atoms with Gasteiger partial charge in [-0.3, -0.25) is 14.9 Å². The van der Waals surface area contributed by atoms with Crippen LogP contribution < -0.4 is 10.1 Å². The molecule has 0 bridgehead atoms. The van der Waals surface area contributed by atoms with Crippen LogP contribution in [-0.2, 0) is 6.54 Å². The highest BCUT2D eigenvalue weighted by Gasteiger charge is 2.20. The minimum Gasteiger partial charge on any atom is -0.497 e. The number of amides is 1. The number of methoxy groups -OCH3 is 1. The first-order chi connectivity index (χ1) is 10.0. The largest absolute Gasteiger partial charge is 0.497 e. The van der Waals surface area contributed by atoms with Gasteiger partial charge >= 0.3 is 0 Å². The first-order valence-corrected chi connectivity index (χ1v) is 7.05. The van der Waals surface area contributed by atoms with Gasteiger partial charge in [0.25, 0.3) is 11.6 Å². The molecule has 1 aromatic carbocycles. The van der Waals surface area contributed by atoms with Crippen LogP contribution in [0, 0.1) is 10.1 Å². The molecule has 0 fully saturated rings. The van der Waals surface area contributed by atoms with E-state index in [1.165, 1.54) is 6.07 Å². The molecule has 0 radical (unpaired) electrons. The molecule has 21 heavy (non-hydrogen) atoms. The van der Waals surface area contributed by atoms with E-state index in [0.717, 1.165) is 16.9 Å². The Bertz CT molecular complexity index is 687. The minimum absolute atomic E-state index is 0.00784. The van der Waals surface area contributed by atoms with E-state index < -0.39 is 10.8 Å². The average Bonchev–Trinajstić information content (AvgIpc) is 2.87. The maximum atomic E-state index is 11.9. The molecule has 1 N–H and O–H groups in total. The van der Waals surface area contributed by atoms with Gasteiger partial charge in [-0.25, -0.2) is 0 Å². The van der Waals surface area contributed by atoms with Gasteiger partial charge < -0.3 is 10.1 Å². The molecule has 0 spiro atoms. The predicted octanol–water partition coefficient (Wildman–Crippen LogP) is 3.25. The minimum atomic E-state index is -0.613. The smallest absolute Gasteiger partial charge is 0.299 e. The third-order valence-electron chi connectivity index (χ3n) is 2.68. The van der Waals surface area contributed by atoms with E-state index in [2.05, 4.69) is 5.32 Å². The Balaban J connectivity index is 2.04. The number of rotatable bonds is 5. The summed E-state index contributed by atoms with van der Waals surface area (Å²) in [4.78, 5) is 22.2. The van der Waals surface area contributed by atoms with E-state index in [1.54, 1.807) is 19.2 Å². The molecule has 1 heterocycles. The number of nitrogens with zero attached hydrogens (tertiary/aromatic N) is 1. The normalized spacial score (nSPS) is 10.2. The summed E-state index contributed by atoms with van der Waals surface area (Å²) in [6.45, 7) is 0.291. The topological polar surface area (TPSA) is 81.5 Å². The molecule has 0 saturated heterocycles. The highest BCUT2D eigenvalue weighted by atomic mass is 35.5. The van der Waals surface area contributed by atoms with E-state index >= 15 is 0 Å². The van der Waals surface area contributed by atoms with E-state index in [0.29, 0.717) is 12.3 Å². The fourth-order valence-electron chi connectivity index (χ4n) is 1.65. The monoisotopic (exact) mass is 326 g/mol. The van der Waals surface area contributed by atoms with Crippen LogP contribution in [0.4, 0.5) is 5.69 Å². The van der Waals surface area contributed by atoms with Gasteiger partial charge in [-0.2, -0.15) is 0 Å². The summed E-state index contributed by atoms with van der Waals surface area (Å²) in [5.41, 5.74) is 0.605. The Morgan fingerprint density at radius 2 is 2.24 bits per heavy atom. The lowest BCUT2D eigenvalue weighted by molar-refractivity contribution is -0.384. The summed E-state index contributed by atoms with van der Waals surface area (Å²) in [5.74, 6) is 0.286. The van der Waals surface area contributed by atoms with E-state index in [1.807, 2.05) is 12.1 Å². The molecule has 0 aliphatic heterocycles. The zero-order valence-corrected chi connectivity index (χ0v) is 12.5. The van der Waals surface area contributed by atoms with Crippen molar-refractivity contribution >= 4 is 34.5 Å². The van der Waals surface area contributed by atoms with Crippen molar-refractivity contribution in [2.45, 2.75) is 6.54 Å². The van der Waals surface area contributed by atoms with Gasteiger partial charge in [-0.15, -0.1) is 11.3 Å². The number of nitrogens with one attached hydrogen (secondary N) is 1. The summed E-state index contributed by atoms with van der Waals surface area (Å²) in [7, 11) is 1.56. The van der Waals surface area contributed by atoms with Crippen molar-refractivity contribution in [2.24, 2.45) is 0 Å². The highest BCUT2D eigenvalue weighted by molar-refractivity contribution is 7.18. The Morgan fingerprint density at radius 3 is 2.86 bits per heavy atom. The van der Waals surface area contributed by atoms with Gasteiger partial charge in [0.1, 0.15) is 10.6 Å². The van der Waals surface area contributed by atoms with E-state index in [-0.39, 0.29) is 14.9 Å². The van der Waals surface area contributed by atoms with E-state index in [4.69, 9.17) is 16.3 Å². The first kappa shape index (κ1) is 15.3. The number of carbonyl (C=O) groups is 1. The summed E-state index contributed by atoms with van der Waals surface area (Å²) >= 11 is 6.60. The molecule has 6 nitrogen and oxygen atoms in total. The van der Waals surface area contributed by atoms with Crippen molar-refractivity contribution in [3.8, 4) is 5.75 Å². The molecule has 0 aliphatic rings. The van der Waals surface area contributed by atoms with Gasteiger partial charge in [0, 0.05) is 12.6 Å². The van der Waals surface area contributed by atoms with Crippen LogP contribution in [0.2, 0.25) is 4.34 Å². The van der Waals surface area contributed by atoms with Gasteiger partial charge in [-0.05, 0) is 17.7 Å². The second-order valence-corrected chi connectivity index (χ2v) is 5.72. The van der Waals surface area contributed by atoms with Crippen LogP contribution in [0.3, 0.4) is 0 Å². The second-order valence-electron chi connectivity index (χ2n) is 4.06. The van der Waals surface area contributed by atoms with Gasteiger partial charge in [0.2, 0.25) is 0 Å². The molecule has 110 valence electrons. The lowest BCUT2D eigenvalue weighted by Crippen LogP contribution is -2.21. The van der Waals surface area contributed by atoms with Gasteiger partial charge in [0.15, 0.2) is 4.34 Å². The summed E-state index contributed by atoms with van der Waals surface area (Å²) in [6.07, 6.45) is 0. The standard InChI is InChI=1S/C13H11ClN2O4S/c1-20-9-4-2-3-8(5-9)7-15-13(17)11-6-10(16(18)19)12(14)21-11/h2-6H,7H2,1H3,(H,15,17). The van der Waals surface area contributed by atoms with Crippen LogP contribution >= 0.6 is 22.9 Å². The van der Waals surface area contributed by atoms with Crippen LogP contribution in [0.5, 0.6) is 5.75 Å². The zero-order valence-electron chi connectivity index (χ0n) is 11.0. The van der Waals surface area contributed by atoms with Crippen molar-refractivity contribution in [3.05, 3.63) is 55.2 Å². The molecule has 1 aromatic heterocycles. The zero-order chi connectivity index (χ0) is 15.4. The fraction of sp³-hybridized carbons (Fsp3) is 0.154. The molecule has 2 aromatic rings. The fourth-order valence-corrected chi connectivity index (χ4v) is 2.79. The van der Waals surface area contributed by atoms with Gasteiger partial charge in [-0.1, -0.05) is 23.7 Å². The summed E-state index contributed by atoms with van der Waals surface area (Å²) in [5, 5.41) is 13.4. The van der Waals surface area contributed by atoms with Gasteiger partial charge in [0.05, 0.1) is 12.0 Å². The molecule has 8 heteroatoms. The number of halogens is 1. The predicted molar refractivity (Wildman–Crippen MR) is 80.1 cm³/mol. The SMILES string of the molecule is COc1cccc(CNC(=O)c2cc([N+](=O)[O-])c(Cl)s2)c1. The van der Waals surface area contributed by atoms with E-state index in [9.17, 15) is 14.9 Å². The third kappa shape index (κ3) is 3.71. The van der Waals surface area contributed by atoms with Crippen LogP contribution in [0.25, 0.3) is 0 Å². The van der Waals surface area contributed by atoms with Crippen LogP contribution in [0.1, 0.15) is 15.2 Å². The number of ether oxygens (including phenoxy) is 1. The average molecular weight is 327 g/mol.